The van der Waals surface area contributed by atoms with E-state index in [2.05, 4.69) is 76.4 Å². The topological polar surface area (TPSA) is 54.9 Å². The van der Waals surface area contributed by atoms with Gasteiger partial charge in [0.15, 0.2) is 0 Å². The van der Waals surface area contributed by atoms with Crippen molar-refractivity contribution in [2.75, 3.05) is 12.3 Å². The average molecular weight is 370 g/mol. The lowest BCUT2D eigenvalue weighted by Crippen LogP contribution is -2.25. The summed E-state index contributed by atoms with van der Waals surface area (Å²) >= 11 is 5.75. The maximum atomic E-state index is 11.2. The van der Waals surface area contributed by atoms with Crippen molar-refractivity contribution in [2.24, 2.45) is 0 Å². The summed E-state index contributed by atoms with van der Waals surface area (Å²) in [4.78, 5) is 21.2. The van der Waals surface area contributed by atoms with Gasteiger partial charge in [-0.1, -0.05) is 48.2 Å². The van der Waals surface area contributed by atoms with Gasteiger partial charge in [-0.05, 0) is 24.3 Å². The standard InChI is InChI=1S/C12H10S.C7H9N3OS/c1-3-7-11(8-4-1)13-12-9-5-2-6-10-12;11-7(10-1-2-12)6-3-8-5-9-4-6/h1-10H;3-5,12H,1-2H2,(H,10,11). The minimum Gasteiger partial charge on any atom is -0.351 e. The van der Waals surface area contributed by atoms with E-state index in [0.717, 1.165) is 0 Å². The van der Waals surface area contributed by atoms with Crippen LogP contribution < -0.4 is 5.32 Å². The van der Waals surface area contributed by atoms with Gasteiger partial charge in [-0.2, -0.15) is 12.6 Å². The molecule has 25 heavy (non-hydrogen) atoms. The largest absolute Gasteiger partial charge is 0.351 e. The molecule has 2 aromatic carbocycles. The van der Waals surface area contributed by atoms with Crippen LogP contribution in [0, 0.1) is 0 Å². The van der Waals surface area contributed by atoms with Crippen molar-refractivity contribution in [3.63, 3.8) is 0 Å². The number of nitrogens with one attached hydrogen (secondary N) is 1. The van der Waals surface area contributed by atoms with Crippen molar-refractivity contribution in [2.45, 2.75) is 9.79 Å². The highest BCUT2D eigenvalue weighted by atomic mass is 32.2. The maximum absolute atomic E-state index is 11.2. The molecule has 128 valence electrons. The van der Waals surface area contributed by atoms with Crippen LogP contribution in [0.25, 0.3) is 0 Å². The van der Waals surface area contributed by atoms with Crippen molar-refractivity contribution in [3.8, 4) is 0 Å². The third kappa shape index (κ3) is 7.41. The molecule has 0 aliphatic carbocycles. The molecule has 6 heteroatoms. The second kappa shape index (κ2) is 11.3. The number of benzene rings is 2. The molecule has 0 aliphatic heterocycles. The van der Waals surface area contributed by atoms with E-state index in [1.165, 1.54) is 28.5 Å². The first kappa shape index (κ1) is 19.0. The Bertz CT molecular complexity index is 703. The van der Waals surface area contributed by atoms with Gasteiger partial charge in [0.1, 0.15) is 6.33 Å². The van der Waals surface area contributed by atoms with Gasteiger partial charge in [0.25, 0.3) is 5.91 Å². The van der Waals surface area contributed by atoms with Crippen molar-refractivity contribution in [1.29, 1.82) is 0 Å². The summed E-state index contributed by atoms with van der Waals surface area (Å²) in [6.07, 6.45) is 4.33. The lowest BCUT2D eigenvalue weighted by molar-refractivity contribution is 0.0955. The van der Waals surface area contributed by atoms with Crippen LogP contribution in [0.1, 0.15) is 10.4 Å². The molecule has 0 fully saturated rings. The molecule has 3 aromatic rings. The Kier molecular flexibility index (Phi) is 8.58. The molecule has 0 radical (unpaired) electrons. The van der Waals surface area contributed by atoms with E-state index in [-0.39, 0.29) is 5.91 Å². The van der Waals surface area contributed by atoms with Crippen molar-refractivity contribution < 1.29 is 4.79 Å². The Morgan fingerprint density at radius 2 is 1.44 bits per heavy atom. The Labute approximate surface area is 157 Å². The third-order valence-electron chi connectivity index (χ3n) is 2.94. The number of hydrogen-bond acceptors (Lipinski definition) is 5. The van der Waals surface area contributed by atoms with Gasteiger partial charge in [0, 0.05) is 34.5 Å². The number of rotatable bonds is 5. The van der Waals surface area contributed by atoms with E-state index in [1.54, 1.807) is 11.8 Å². The number of hydrogen-bond donors (Lipinski definition) is 2. The summed E-state index contributed by atoms with van der Waals surface area (Å²) in [5.74, 6) is 0.462. The fourth-order valence-electron chi connectivity index (χ4n) is 1.80. The van der Waals surface area contributed by atoms with E-state index >= 15 is 0 Å². The Balaban J connectivity index is 0.000000181. The highest BCUT2D eigenvalue weighted by Gasteiger charge is 2.02. The molecule has 1 amide bonds. The van der Waals surface area contributed by atoms with Crippen LogP contribution in [-0.2, 0) is 0 Å². The molecular formula is C19H19N3OS2. The van der Waals surface area contributed by atoms with Crippen molar-refractivity contribution in [3.05, 3.63) is 84.9 Å². The van der Waals surface area contributed by atoms with E-state index in [0.29, 0.717) is 17.9 Å². The summed E-state index contributed by atoms with van der Waals surface area (Å²) in [7, 11) is 0. The second-order valence-corrected chi connectivity index (χ2v) is 6.43. The van der Waals surface area contributed by atoms with E-state index in [9.17, 15) is 4.79 Å². The SMILES string of the molecule is O=C(NCCS)c1cncnc1.c1ccc(Sc2ccccc2)cc1. The Morgan fingerprint density at radius 3 is 1.92 bits per heavy atom. The predicted molar refractivity (Wildman–Crippen MR) is 105 cm³/mol. The fraction of sp³-hybridized carbons (Fsp3) is 0.105. The van der Waals surface area contributed by atoms with Crippen LogP contribution in [0.2, 0.25) is 0 Å². The Hall–Kier alpha value is -2.31. The van der Waals surface area contributed by atoms with Crippen LogP contribution in [0.4, 0.5) is 0 Å². The van der Waals surface area contributed by atoms with Crippen LogP contribution in [-0.4, -0.2) is 28.2 Å². The number of carbonyl (C=O) groups excluding carboxylic acids is 1. The van der Waals surface area contributed by atoms with Crippen LogP contribution in [0.15, 0.2) is 89.2 Å². The summed E-state index contributed by atoms with van der Waals surface area (Å²) in [6.45, 7) is 0.552. The van der Waals surface area contributed by atoms with E-state index in [4.69, 9.17) is 0 Å². The van der Waals surface area contributed by atoms with Gasteiger partial charge < -0.3 is 5.32 Å². The fourth-order valence-corrected chi connectivity index (χ4v) is 2.77. The number of nitrogens with zero attached hydrogens (tertiary/aromatic N) is 2. The molecule has 1 aromatic heterocycles. The Morgan fingerprint density at radius 1 is 0.920 bits per heavy atom. The lowest BCUT2D eigenvalue weighted by atomic mass is 10.3. The first-order chi connectivity index (χ1) is 12.3. The molecule has 1 N–H and O–H groups in total. The molecule has 0 spiro atoms. The number of thiol groups is 1. The predicted octanol–water partition coefficient (Wildman–Crippen LogP) is 3.97. The summed E-state index contributed by atoms with van der Waals surface area (Å²) in [6, 6.07) is 20.8. The second-order valence-electron chi connectivity index (χ2n) is 4.83. The highest BCUT2D eigenvalue weighted by molar-refractivity contribution is 7.99. The normalized spacial score (nSPS) is 9.64. The lowest BCUT2D eigenvalue weighted by Gasteiger charge is -2.00. The molecule has 3 rings (SSSR count). The van der Waals surface area contributed by atoms with Crippen LogP contribution in [0.3, 0.4) is 0 Å². The zero-order valence-corrected chi connectivity index (χ0v) is 15.3. The molecular weight excluding hydrogens is 350 g/mol. The van der Waals surface area contributed by atoms with Crippen LogP contribution in [0.5, 0.6) is 0 Å². The summed E-state index contributed by atoms with van der Waals surface area (Å²) in [5, 5.41) is 2.65. The van der Waals surface area contributed by atoms with Crippen LogP contribution >= 0.6 is 24.4 Å². The quantitative estimate of drug-likeness (QED) is 0.668. The number of carbonyl (C=O) groups is 1. The molecule has 0 saturated heterocycles. The van der Waals surface area contributed by atoms with Gasteiger partial charge in [-0.15, -0.1) is 0 Å². The molecule has 0 bridgehead atoms. The van der Waals surface area contributed by atoms with Crippen molar-refractivity contribution in [1.82, 2.24) is 15.3 Å². The molecule has 0 saturated carbocycles. The van der Waals surface area contributed by atoms with Gasteiger partial charge in [-0.25, -0.2) is 9.97 Å². The smallest absolute Gasteiger partial charge is 0.254 e. The molecule has 0 atom stereocenters. The van der Waals surface area contributed by atoms with Gasteiger partial charge in [0.05, 0.1) is 5.56 Å². The van der Waals surface area contributed by atoms with E-state index in [1.807, 2.05) is 12.1 Å². The molecule has 1 heterocycles. The zero-order chi connectivity index (χ0) is 17.7. The first-order valence-electron chi connectivity index (χ1n) is 7.71. The average Bonchev–Trinajstić information content (AvgIpc) is 2.69. The van der Waals surface area contributed by atoms with E-state index < -0.39 is 0 Å². The minimum absolute atomic E-state index is 0.162. The monoisotopic (exact) mass is 369 g/mol. The molecule has 0 aliphatic rings. The number of amides is 1. The van der Waals surface area contributed by atoms with Gasteiger partial charge in [0.2, 0.25) is 0 Å². The third-order valence-corrected chi connectivity index (χ3v) is 4.18. The van der Waals surface area contributed by atoms with Gasteiger partial charge >= 0.3 is 0 Å². The summed E-state index contributed by atoms with van der Waals surface area (Å²) in [5.41, 5.74) is 0.472. The highest BCUT2D eigenvalue weighted by Crippen LogP contribution is 2.26. The van der Waals surface area contributed by atoms with Crippen molar-refractivity contribution >= 4 is 30.3 Å². The van der Waals surface area contributed by atoms with Gasteiger partial charge in [-0.3, -0.25) is 4.79 Å². The summed E-state index contributed by atoms with van der Waals surface area (Å²) < 4.78 is 0. The zero-order valence-electron chi connectivity index (χ0n) is 13.6. The molecule has 0 unspecified atom stereocenters. The minimum atomic E-state index is -0.162. The number of aromatic nitrogens is 2. The maximum Gasteiger partial charge on any atom is 0.254 e. The first-order valence-corrected chi connectivity index (χ1v) is 9.16. The molecule has 4 nitrogen and oxygen atoms in total.